The van der Waals surface area contributed by atoms with E-state index in [2.05, 4.69) is 22.2 Å². The summed E-state index contributed by atoms with van der Waals surface area (Å²) in [5.41, 5.74) is 1.49. The first-order chi connectivity index (χ1) is 11.3. The summed E-state index contributed by atoms with van der Waals surface area (Å²) in [6.45, 7) is 2.83. The van der Waals surface area contributed by atoms with Crippen molar-refractivity contribution < 1.29 is 4.79 Å². The van der Waals surface area contributed by atoms with E-state index in [9.17, 15) is 4.79 Å². The third-order valence-corrected chi connectivity index (χ3v) is 3.76. The highest BCUT2D eigenvalue weighted by atomic mass is 16.1. The van der Waals surface area contributed by atoms with Gasteiger partial charge in [-0.15, -0.1) is 0 Å². The van der Waals surface area contributed by atoms with Crippen molar-refractivity contribution in [3.8, 4) is 5.95 Å². The van der Waals surface area contributed by atoms with Crippen LogP contribution in [-0.2, 0) is 0 Å². The number of hydrogen-bond donors (Lipinski definition) is 1. The average molecular weight is 308 g/mol. The molecule has 0 aliphatic heterocycles. The number of para-hydroxylation sites is 1. The maximum absolute atomic E-state index is 12.6. The molecule has 118 valence electrons. The van der Waals surface area contributed by atoms with Crippen molar-refractivity contribution >= 4 is 16.8 Å². The van der Waals surface area contributed by atoms with E-state index in [1.54, 1.807) is 18.5 Å². The monoisotopic (exact) mass is 308 g/mol. The van der Waals surface area contributed by atoms with E-state index in [0.29, 0.717) is 18.2 Å². The highest BCUT2D eigenvalue weighted by Crippen LogP contribution is 2.22. The Morgan fingerprint density at radius 2 is 1.91 bits per heavy atom. The molecule has 0 fully saturated rings. The summed E-state index contributed by atoms with van der Waals surface area (Å²) in [5.74, 6) is 0.414. The third-order valence-electron chi connectivity index (χ3n) is 3.76. The number of rotatable bonds is 6. The summed E-state index contributed by atoms with van der Waals surface area (Å²) in [6, 6.07) is 11.5. The average Bonchev–Trinajstić information content (AvgIpc) is 2.99. The highest BCUT2D eigenvalue weighted by molar-refractivity contribution is 5.99. The fourth-order valence-corrected chi connectivity index (χ4v) is 2.61. The van der Waals surface area contributed by atoms with Gasteiger partial charge in [-0.25, -0.2) is 9.97 Å². The lowest BCUT2D eigenvalue weighted by Gasteiger charge is -2.09. The fourth-order valence-electron chi connectivity index (χ4n) is 2.61. The van der Waals surface area contributed by atoms with Crippen LogP contribution < -0.4 is 5.32 Å². The Morgan fingerprint density at radius 1 is 1.13 bits per heavy atom. The van der Waals surface area contributed by atoms with Crippen molar-refractivity contribution in [2.24, 2.45) is 0 Å². The van der Waals surface area contributed by atoms with E-state index in [1.165, 1.54) is 0 Å². The molecule has 3 rings (SSSR count). The molecule has 0 saturated heterocycles. The van der Waals surface area contributed by atoms with Gasteiger partial charge in [-0.1, -0.05) is 38.0 Å². The normalized spacial score (nSPS) is 10.8. The van der Waals surface area contributed by atoms with E-state index in [0.717, 1.165) is 30.2 Å². The maximum atomic E-state index is 12.6. The first kappa shape index (κ1) is 15.2. The first-order valence-electron chi connectivity index (χ1n) is 7.97. The molecule has 1 amide bonds. The van der Waals surface area contributed by atoms with Gasteiger partial charge in [-0.2, -0.15) is 0 Å². The molecule has 5 heteroatoms. The number of hydrogen-bond acceptors (Lipinski definition) is 3. The second-order valence-corrected chi connectivity index (χ2v) is 5.44. The summed E-state index contributed by atoms with van der Waals surface area (Å²) < 4.78 is 1.81. The number of amides is 1. The van der Waals surface area contributed by atoms with E-state index in [1.807, 2.05) is 34.9 Å². The Labute approximate surface area is 135 Å². The van der Waals surface area contributed by atoms with Crippen LogP contribution in [0.4, 0.5) is 0 Å². The molecule has 1 N–H and O–H groups in total. The molecule has 23 heavy (non-hydrogen) atoms. The molecule has 1 aromatic carbocycles. The highest BCUT2D eigenvalue weighted by Gasteiger charge is 2.17. The number of nitrogens with one attached hydrogen (secondary N) is 1. The van der Waals surface area contributed by atoms with Gasteiger partial charge < -0.3 is 5.32 Å². The molecule has 0 spiro atoms. The zero-order valence-corrected chi connectivity index (χ0v) is 13.2. The van der Waals surface area contributed by atoms with Crippen molar-refractivity contribution in [3.63, 3.8) is 0 Å². The van der Waals surface area contributed by atoms with Gasteiger partial charge in [0.05, 0.1) is 5.52 Å². The molecule has 2 aromatic heterocycles. The smallest absolute Gasteiger partial charge is 0.268 e. The molecule has 5 nitrogen and oxygen atoms in total. The summed E-state index contributed by atoms with van der Waals surface area (Å²) in [6.07, 6.45) is 6.60. The molecule has 3 aromatic rings. The zero-order chi connectivity index (χ0) is 16.1. The van der Waals surface area contributed by atoms with Crippen LogP contribution in [0.1, 0.15) is 36.7 Å². The number of nitrogens with zero attached hydrogens (tertiary/aromatic N) is 3. The van der Waals surface area contributed by atoms with Gasteiger partial charge >= 0.3 is 0 Å². The zero-order valence-electron chi connectivity index (χ0n) is 13.2. The minimum atomic E-state index is -0.0928. The van der Waals surface area contributed by atoms with E-state index in [-0.39, 0.29) is 5.91 Å². The lowest BCUT2D eigenvalue weighted by atomic mass is 10.2. The molecule has 2 heterocycles. The topological polar surface area (TPSA) is 59.8 Å². The Morgan fingerprint density at radius 3 is 2.70 bits per heavy atom. The molecular weight excluding hydrogens is 288 g/mol. The van der Waals surface area contributed by atoms with Crippen LogP contribution in [-0.4, -0.2) is 27.0 Å². The Kier molecular flexibility index (Phi) is 4.66. The molecule has 0 aliphatic rings. The van der Waals surface area contributed by atoms with Crippen molar-refractivity contribution in [3.05, 3.63) is 54.5 Å². The van der Waals surface area contributed by atoms with Crippen LogP contribution in [0.3, 0.4) is 0 Å². The Bertz CT molecular complexity index is 795. The molecule has 0 unspecified atom stereocenters. The Hall–Kier alpha value is -2.69. The van der Waals surface area contributed by atoms with E-state index >= 15 is 0 Å². The van der Waals surface area contributed by atoms with Crippen LogP contribution >= 0.6 is 0 Å². The maximum Gasteiger partial charge on any atom is 0.268 e. The molecule has 0 bridgehead atoms. The predicted molar refractivity (Wildman–Crippen MR) is 90.7 cm³/mol. The van der Waals surface area contributed by atoms with Crippen LogP contribution in [0.2, 0.25) is 0 Å². The van der Waals surface area contributed by atoms with E-state index in [4.69, 9.17) is 0 Å². The van der Waals surface area contributed by atoms with Crippen molar-refractivity contribution in [2.75, 3.05) is 6.54 Å². The molecule has 0 saturated carbocycles. The van der Waals surface area contributed by atoms with Gasteiger partial charge in [-0.05, 0) is 24.6 Å². The summed E-state index contributed by atoms with van der Waals surface area (Å²) in [5, 5.41) is 3.99. The third kappa shape index (κ3) is 3.23. The minimum absolute atomic E-state index is 0.0928. The molecule has 0 radical (unpaired) electrons. The molecular formula is C18H20N4O. The summed E-state index contributed by atoms with van der Waals surface area (Å²) in [7, 11) is 0. The van der Waals surface area contributed by atoms with E-state index < -0.39 is 0 Å². The fraction of sp³-hybridized carbons (Fsp3) is 0.278. The van der Waals surface area contributed by atoms with Crippen LogP contribution in [0, 0.1) is 0 Å². The number of carbonyl (C=O) groups is 1. The number of fused-ring (bicyclic) bond motifs is 1. The number of benzene rings is 1. The number of unbranched alkanes of at least 4 members (excludes halogenated alkanes) is 2. The van der Waals surface area contributed by atoms with Crippen LogP contribution in [0.15, 0.2) is 48.8 Å². The van der Waals surface area contributed by atoms with Crippen molar-refractivity contribution in [1.29, 1.82) is 0 Å². The minimum Gasteiger partial charge on any atom is -0.351 e. The summed E-state index contributed by atoms with van der Waals surface area (Å²) >= 11 is 0. The van der Waals surface area contributed by atoms with Gasteiger partial charge in [0, 0.05) is 24.3 Å². The first-order valence-corrected chi connectivity index (χ1v) is 7.97. The largest absolute Gasteiger partial charge is 0.351 e. The molecule has 0 aliphatic carbocycles. The number of aromatic nitrogens is 3. The number of carbonyl (C=O) groups excluding carboxylic acids is 1. The Balaban J connectivity index is 1.98. The lowest BCUT2D eigenvalue weighted by molar-refractivity contribution is 0.0946. The van der Waals surface area contributed by atoms with Crippen molar-refractivity contribution in [1.82, 2.24) is 19.9 Å². The van der Waals surface area contributed by atoms with Crippen LogP contribution in [0.25, 0.3) is 16.9 Å². The quantitative estimate of drug-likeness (QED) is 0.710. The van der Waals surface area contributed by atoms with Gasteiger partial charge in [-0.3, -0.25) is 9.36 Å². The SMILES string of the molecule is CCCCCNC(=O)c1cc2ccccc2n1-c1ncccn1. The summed E-state index contributed by atoms with van der Waals surface area (Å²) in [4.78, 5) is 21.2. The lowest BCUT2D eigenvalue weighted by Crippen LogP contribution is -2.26. The second kappa shape index (κ2) is 7.05. The predicted octanol–water partition coefficient (Wildman–Crippen LogP) is 3.34. The standard InChI is InChI=1S/C18H20N4O/c1-2-3-6-10-19-17(23)16-13-14-8-4-5-9-15(14)22(16)18-20-11-7-12-21-18/h4-5,7-9,11-13H,2-3,6,10H2,1H3,(H,19,23). The van der Waals surface area contributed by atoms with Gasteiger partial charge in [0.1, 0.15) is 5.69 Å². The van der Waals surface area contributed by atoms with Gasteiger partial charge in [0.2, 0.25) is 5.95 Å². The van der Waals surface area contributed by atoms with Gasteiger partial charge in [0.15, 0.2) is 0 Å². The van der Waals surface area contributed by atoms with Crippen molar-refractivity contribution in [2.45, 2.75) is 26.2 Å². The van der Waals surface area contributed by atoms with Gasteiger partial charge in [0.25, 0.3) is 5.91 Å². The van der Waals surface area contributed by atoms with Crippen LogP contribution in [0.5, 0.6) is 0 Å². The second-order valence-electron chi connectivity index (χ2n) is 5.44. The molecule has 0 atom stereocenters.